The summed E-state index contributed by atoms with van der Waals surface area (Å²) >= 11 is 0. The van der Waals surface area contributed by atoms with E-state index < -0.39 is 6.10 Å². The predicted molar refractivity (Wildman–Crippen MR) is 130 cm³/mol. The summed E-state index contributed by atoms with van der Waals surface area (Å²) < 4.78 is 19.1. The zero-order chi connectivity index (χ0) is 23.9. The van der Waals surface area contributed by atoms with E-state index in [1.54, 1.807) is 7.11 Å². The van der Waals surface area contributed by atoms with Crippen LogP contribution < -0.4 is 9.47 Å². The summed E-state index contributed by atoms with van der Waals surface area (Å²) in [6.45, 7) is 3.47. The Bertz CT molecular complexity index is 1120. The lowest BCUT2D eigenvalue weighted by molar-refractivity contribution is 0.0240. The summed E-state index contributed by atoms with van der Waals surface area (Å²) in [5, 5.41) is 15.3. The van der Waals surface area contributed by atoms with Gasteiger partial charge in [0.25, 0.3) is 0 Å². The molecule has 1 atom stereocenters. The predicted octanol–water partition coefficient (Wildman–Crippen LogP) is 3.96. The highest BCUT2D eigenvalue weighted by Gasteiger charge is 2.32. The molecule has 1 saturated carbocycles. The molecule has 0 bridgehead atoms. The fraction of sp³-hybridized carbons (Fsp3) is 0.370. The van der Waals surface area contributed by atoms with E-state index in [9.17, 15) is 5.11 Å². The Labute approximate surface area is 200 Å². The Morgan fingerprint density at radius 1 is 1.15 bits per heavy atom. The van der Waals surface area contributed by atoms with Crippen LogP contribution in [0.4, 0.5) is 0 Å². The van der Waals surface area contributed by atoms with Gasteiger partial charge in [0.15, 0.2) is 11.5 Å². The number of methoxy groups -OCH3 is 1. The second kappa shape index (κ2) is 11.2. The number of terminal acetylenes is 1. The molecule has 7 heteroatoms. The molecule has 34 heavy (non-hydrogen) atoms. The maximum Gasteiger partial charge on any atom is 0.227 e. The van der Waals surface area contributed by atoms with E-state index in [1.807, 2.05) is 66.2 Å². The number of para-hydroxylation sites is 3. The molecular weight excluding hydrogens is 430 g/mol. The first-order valence-electron chi connectivity index (χ1n) is 11.5. The van der Waals surface area contributed by atoms with E-state index in [0.29, 0.717) is 36.5 Å². The molecule has 1 aliphatic rings. The van der Waals surface area contributed by atoms with Gasteiger partial charge in [-0.3, -0.25) is 4.90 Å². The van der Waals surface area contributed by atoms with Gasteiger partial charge in [0.1, 0.15) is 6.61 Å². The van der Waals surface area contributed by atoms with Crippen molar-refractivity contribution >= 4 is 0 Å². The Morgan fingerprint density at radius 2 is 1.85 bits per heavy atom. The zero-order valence-electron chi connectivity index (χ0n) is 19.7. The number of aromatic nitrogens is 2. The van der Waals surface area contributed by atoms with Gasteiger partial charge in [-0.05, 0) is 44.0 Å². The minimum Gasteiger partial charge on any atom is -0.493 e. The van der Waals surface area contributed by atoms with E-state index in [2.05, 4.69) is 10.8 Å². The van der Waals surface area contributed by atoms with Gasteiger partial charge in [-0.2, -0.15) is 5.10 Å². The van der Waals surface area contributed by atoms with Gasteiger partial charge < -0.3 is 19.3 Å². The van der Waals surface area contributed by atoms with E-state index in [4.69, 9.17) is 25.7 Å². The summed E-state index contributed by atoms with van der Waals surface area (Å²) in [7, 11) is 1.63. The van der Waals surface area contributed by atoms with Crippen LogP contribution in [0, 0.1) is 19.3 Å². The third-order valence-electron chi connectivity index (χ3n) is 5.78. The first-order chi connectivity index (χ1) is 16.6. The van der Waals surface area contributed by atoms with Crippen LogP contribution in [0.1, 0.15) is 24.1 Å². The number of aliphatic hydroxyl groups is 1. The van der Waals surface area contributed by atoms with E-state index in [-0.39, 0.29) is 13.2 Å². The molecule has 1 aliphatic carbocycles. The summed E-state index contributed by atoms with van der Waals surface area (Å²) in [5.74, 6) is 4.33. The Balaban J connectivity index is 1.66. The van der Waals surface area contributed by atoms with E-state index >= 15 is 0 Å². The molecule has 1 aromatic heterocycles. The molecule has 0 aliphatic heterocycles. The quantitative estimate of drug-likeness (QED) is 0.325. The van der Waals surface area contributed by atoms with E-state index in [1.165, 1.54) is 0 Å². The molecule has 1 N–H and O–H groups in total. The monoisotopic (exact) mass is 461 g/mol. The molecule has 7 nitrogen and oxygen atoms in total. The summed E-state index contributed by atoms with van der Waals surface area (Å²) in [4.78, 5) is 2.28. The molecular formula is C27H31N3O4. The second-order valence-electron chi connectivity index (χ2n) is 8.40. The Kier molecular flexibility index (Phi) is 7.86. The first kappa shape index (κ1) is 23.8. The van der Waals surface area contributed by atoms with Gasteiger partial charge in [0.2, 0.25) is 5.88 Å². The lowest BCUT2D eigenvalue weighted by Crippen LogP contribution is -2.36. The summed E-state index contributed by atoms with van der Waals surface area (Å²) in [6.07, 6.45) is 6.82. The molecule has 0 amide bonds. The topological polar surface area (TPSA) is 69.0 Å². The second-order valence-corrected chi connectivity index (χ2v) is 8.40. The van der Waals surface area contributed by atoms with Crippen molar-refractivity contribution in [2.24, 2.45) is 0 Å². The van der Waals surface area contributed by atoms with Crippen LogP contribution >= 0.6 is 0 Å². The van der Waals surface area contributed by atoms with Crippen LogP contribution in [0.15, 0.2) is 54.6 Å². The van der Waals surface area contributed by atoms with Gasteiger partial charge in [0, 0.05) is 19.1 Å². The van der Waals surface area contributed by atoms with Crippen LogP contribution in [0.3, 0.4) is 0 Å². The lowest BCUT2D eigenvalue weighted by Gasteiger charge is -2.25. The Morgan fingerprint density at radius 3 is 2.53 bits per heavy atom. The minimum absolute atomic E-state index is 0.195. The number of aryl methyl sites for hydroxylation is 1. The van der Waals surface area contributed by atoms with Gasteiger partial charge in [-0.1, -0.05) is 36.3 Å². The third-order valence-corrected chi connectivity index (χ3v) is 5.78. The largest absolute Gasteiger partial charge is 0.493 e. The molecule has 3 aromatic rings. The molecule has 2 aromatic carbocycles. The maximum absolute atomic E-state index is 10.5. The average Bonchev–Trinajstić information content (AvgIpc) is 3.66. The highest BCUT2D eigenvalue weighted by molar-refractivity contribution is 5.47. The van der Waals surface area contributed by atoms with Gasteiger partial charge in [0.05, 0.1) is 36.8 Å². The third kappa shape index (κ3) is 5.78. The molecule has 4 rings (SSSR count). The van der Waals surface area contributed by atoms with Crippen molar-refractivity contribution in [1.82, 2.24) is 14.7 Å². The van der Waals surface area contributed by atoms with Crippen molar-refractivity contribution < 1.29 is 19.3 Å². The summed E-state index contributed by atoms with van der Waals surface area (Å²) in [5.41, 5.74) is 2.75. The molecule has 1 fully saturated rings. The number of benzene rings is 2. The molecule has 0 saturated heterocycles. The number of aliphatic hydroxyl groups excluding tert-OH is 1. The fourth-order valence-corrected chi connectivity index (χ4v) is 3.94. The van der Waals surface area contributed by atoms with Crippen LogP contribution in [-0.4, -0.2) is 58.8 Å². The van der Waals surface area contributed by atoms with Crippen LogP contribution in [0.2, 0.25) is 0 Å². The number of hydrogen-bond acceptors (Lipinski definition) is 6. The zero-order valence-corrected chi connectivity index (χ0v) is 19.7. The first-order valence-corrected chi connectivity index (χ1v) is 11.5. The molecule has 0 unspecified atom stereocenters. The minimum atomic E-state index is -0.628. The van der Waals surface area contributed by atoms with Crippen molar-refractivity contribution in [3.63, 3.8) is 0 Å². The normalized spacial score (nSPS) is 14.1. The van der Waals surface area contributed by atoms with Crippen molar-refractivity contribution in [2.75, 3.05) is 26.9 Å². The number of rotatable bonds is 12. The van der Waals surface area contributed by atoms with Crippen molar-refractivity contribution in [1.29, 1.82) is 0 Å². The summed E-state index contributed by atoms with van der Waals surface area (Å²) in [6, 6.07) is 17.9. The maximum atomic E-state index is 10.5. The molecule has 178 valence electrons. The SMILES string of the molecule is C#CCOC[C@@H](O)CN(Cc1c(C)nn(-c2ccccc2)c1Oc1ccccc1OC)C1CC1. The number of nitrogens with zero attached hydrogens (tertiary/aromatic N) is 3. The highest BCUT2D eigenvalue weighted by atomic mass is 16.5. The standard InChI is InChI=1S/C27H31N3O4/c1-4-16-33-19-23(31)17-29(21-14-15-21)18-24-20(2)28-30(22-10-6-5-7-11-22)27(24)34-26-13-9-8-12-25(26)32-3/h1,5-13,21,23,31H,14-19H2,2-3H3/t23-/m0/s1. The average molecular weight is 462 g/mol. The lowest BCUT2D eigenvalue weighted by atomic mass is 10.2. The van der Waals surface area contributed by atoms with Crippen molar-refractivity contribution in [3.05, 3.63) is 65.9 Å². The highest BCUT2D eigenvalue weighted by Crippen LogP contribution is 2.37. The number of ether oxygens (including phenoxy) is 3. The van der Waals surface area contributed by atoms with Gasteiger partial charge >= 0.3 is 0 Å². The van der Waals surface area contributed by atoms with Crippen molar-refractivity contribution in [3.8, 4) is 35.4 Å². The smallest absolute Gasteiger partial charge is 0.227 e. The van der Waals surface area contributed by atoms with Crippen LogP contribution in [0.25, 0.3) is 5.69 Å². The fourth-order valence-electron chi connectivity index (χ4n) is 3.94. The van der Waals surface area contributed by atoms with Gasteiger partial charge in [-0.15, -0.1) is 6.42 Å². The molecule has 0 spiro atoms. The molecule has 0 radical (unpaired) electrons. The van der Waals surface area contributed by atoms with Crippen molar-refractivity contribution in [2.45, 2.75) is 38.5 Å². The molecule has 1 heterocycles. The van der Waals surface area contributed by atoms with Gasteiger partial charge in [-0.25, -0.2) is 4.68 Å². The Hall–Kier alpha value is -3.31. The number of hydrogen-bond donors (Lipinski definition) is 1. The van der Waals surface area contributed by atoms with Crippen LogP contribution in [0.5, 0.6) is 17.4 Å². The van der Waals surface area contributed by atoms with E-state index in [0.717, 1.165) is 29.8 Å². The van der Waals surface area contributed by atoms with Crippen LogP contribution in [-0.2, 0) is 11.3 Å².